The standard InChI is InChI=1S/C13H16F4N2O2/c1-2-5-19(6-7-20)12(21)18-11-4-3-9(14)8-10(11)13(15,16)17/h3-4,8,20H,2,5-7H2,1H3,(H,18,21). The molecule has 0 aliphatic rings. The molecule has 0 aromatic heterocycles. The van der Waals surface area contributed by atoms with E-state index in [1.54, 1.807) is 6.92 Å². The Hall–Kier alpha value is -1.83. The number of aliphatic hydroxyl groups excluding tert-OH is 1. The molecule has 4 nitrogen and oxygen atoms in total. The van der Waals surface area contributed by atoms with E-state index in [1.165, 1.54) is 4.90 Å². The van der Waals surface area contributed by atoms with Gasteiger partial charge in [0.15, 0.2) is 0 Å². The summed E-state index contributed by atoms with van der Waals surface area (Å²) in [5, 5.41) is 11.0. The number of hydrogen-bond donors (Lipinski definition) is 2. The van der Waals surface area contributed by atoms with Gasteiger partial charge in [0, 0.05) is 13.1 Å². The molecule has 8 heteroatoms. The number of aliphatic hydroxyl groups is 1. The maximum atomic E-state index is 13.0. The first-order chi connectivity index (χ1) is 9.79. The van der Waals surface area contributed by atoms with Gasteiger partial charge in [0.1, 0.15) is 5.82 Å². The molecular weight excluding hydrogens is 292 g/mol. The van der Waals surface area contributed by atoms with Crippen molar-refractivity contribution >= 4 is 11.7 Å². The second-order valence-corrected chi connectivity index (χ2v) is 4.33. The Bertz CT molecular complexity index is 486. The molecule has 0 aliphatic heterocycles. The van der Waals surface area contributed by atoms with Gasteiger partial charge in [-0.2, -0.15) is 13.2 Å². The summed E-state index contributed by atoms with van der Waals surface area (Å²) in [6.07, 6.45) is -4.19. The lowest BCUT2D eigenvalue weighted by molar-refractivity contribution is -0.137. The van der Waals surface area contributed by atoms with Gasteiger partial charge in [0.25, 0.3) is 0 Å². The predicted octanol–water partition coefficient (Wildman–Crippen LogP) is 3.08. The fourth-order valence-corrected chi connectivity index (χ4v) is 1.76. The maximum Gasteiger partial charge on any atom is 0.418 e. The number of carbonyl (C=O) groups excluding carboxylic acids is 1. The average Bonchev–Trinajstić information content (AvgIpc) is 2.39. The Labute approximate surface area is 119 Å². The van der Waals surface area contributed by atoms with Crippen molar-refractivity contribution in [3.63, 3.8) is 0 Å². The third kappa shape index (κ3) is 4.89. The number of carbonyl (C=O) groups is 1. The Kier molecular flexibility index (Phi) is 5.95. The first-order valence-corrected chi connectivity index (χ1v) is 6.33. The second-order valence-electron chi connectivity index (χ2n) is 4.33. The van der Waals surface area contributed by atoms with E-state index in [0.717, 1.165) is 12.1 Å². The molecule has 0 atom stereocenters. The molecule has 0 heterocycles. The highest BCUT2D eigenvalue weighted by atomic mass is 19.4. The molecule has 0 aliphatic carbocycles. The Morgan fingerprint density at radius 1 is 1.33 bits per heavy atom. The molecule has 0 fully saturated rings. The molecule has 21 heavy (non-hydrogen) atoms. The number of nitrogens with zero attached hydrogens (tertiary/aromatic N) is 1. The SMILES string of the molecule is CCCN(CCO)C(=O)Nc1ccc(F)cc1C(F)(F)F. The number of benzene rings is 1. The lowest BCUT2D eigenvalue weighted by atomic mass is 10.1. The van der Waals surface area contributed by atoms with E-state index in [1.807, 2.05) is 0 Å². The lowest BCUT2D eigenvalue weighted by Crippen LogP contribution is -2.38. The molecule has 0 saturated carbocycles. The minimum Gasteiger partial charge on any atom is -0.395 e. The van der Waals surface area contributed by atoms with E-state index in [0.29, 0.717) is 12.5 Å². The van der Waals surface area contributed by atoms with Crippen molar-refractivity contribution in [2.24, 2.45) is 0 Å². The minimum atomic E-state index is -4.78. The summed E-state index contributed by atoms with van der Waals surface area (Å²) >= 11 is 0. The predicted molar refractivity (Wildman–Crippen MR) is 69.4 cm³/mol. The number of halogens is 4. The van der Waals surface area contributed by atoms with Crippen LogP contribution in [0.3, 0.4) is 0 Å². The molecule has 118 valence electrons. The van der Waals surface area contributed by atoms with Crippen LogP contribution in [0, 0.1) is 5.82 Å². The fraction of sp³-hybridized carbons (Fsp3) is 0.462. The van der Waals surface area contributed by atoms with Crippen LogP contribution in [0.1, 0.15) is 18.9 Å². The van der Waals surface area contributed by atoms with Gasteiger partial charge in [-0.3, -0.25) is 0 Å². The van der Waals surface area contributed by atoms with E-state index in [2.05, 4.69) is 5.32 Å². The summed E-state index contributed by atoms with van der Waals surface area (Å²) in [5.74, 6) is -1.04. The Morgan fingerprint density at radius 2 is 2.00 bits per heavy atom. The van der Waals surface area contributed by atoms with Gasteiger partial charge in [-0.05, 0) is 24.6 Å². The normalized spacial score (nSPS) is 11.3. The molecule has 0 radical (unpaired) electrons. The van der Waals surface area contributed by atoms with E-state index in [9.17, 15) is 22.4 Å². The number of urea groups is 1. The van der Waals surface area contributed by atoms with Crippen LogP contribution in [0.4, 0.5) is 28.0 Å². The zero-order valence-corrected chi connectivity index (χ0v) is 11.4. The van der Waals surface area contributed by atoms with Crippen LogP contribution in [-0.4, -0.2) is 35.7 Å². The molecule has 0 saturated heterocycles. The van der Waals surface area contributed by atoms with Crippen molar-refractivity contribution in [3.8, 4) is 0 Å². The smallest absolute Gasteiger partial charge is 0.395 e. The summed E-state index contributed by atoms with van der Waals surface area (Å²) in [5.41, 5.74) is -1.77. The summed E-state index contributed by atoms with van der Waals surface area (Å²) in [6.45, 7) is 1.77. The number of amides is 2. The van der Waals surface area contributed by atoms with Gasteiger partial charge in [-0.15, -0.1) is 0 Å². The van der Waals surface area contributed by atoms with Crippen LogP contribution < -0.4 is 5.32 Å². The first-order valence-electron chi connectivity index (χ1n) is 6.33. The number of anilines is 1. The highest BCUT2D eigenvalue weighted by molar-refractivity contribution is 5.90. The quantitative estimate of drug-likeness (QED) is 0.821. The van der Waals surface area contributed by atoms with Crippen molar-refractivity contribution in [1.82, 2.24) is 4.90 Å². The van der Waals surface area contributed by atoms with Crippen molar-refractivity contribution in [3.05, 3.63) is 29.6 Å². The van der Waals surface area contributed by atoms with Crippen LogP contribution in [0.2, 0.25) is 0 Å². The number of rotatable bonds is 5. The van der Waals surface area contributed by atoms with Crippen LogP contribution in [0.25, 0.3) is 0 Å². The van der Waals surface area contributed by atoms with Gasteiger partial charge < -0.3 is 15.3 Å². The monoisotopic (exact) mass is 308 g/mol. The van der Waals surface area contributed by atoms with E-state index < -0.39 is 29.3 Å². The van der Waals surface area contributed by atoms with Crippen molar-refractivity contribution < 1.29 is 27.5 Å². The molecule has 0 unspecified atom stereocenters. The minimum absolute atomic E-state index is 0.00220. The molecule has 0 bridgehead atoms. The molecule has 0 spiro atoms. The molecule has 1 rings (SSSR count). The summed E-state index contributed by atoms with van der Waals surface area (Å²) in [4.78, 5) is 13.1. The van der Waals surface area contributed by atoms with Crippen molar-refractivity contribution in [2.45, 2.75) is 19.5 Å². The molecular formula is C13H16F4N2O2. The first kappa shape index (κ1) is 17.2. The van der Waals surface area contributed by atoms with Gasteiger partial charge >= 0.3 is 12.2 Å². The fourth-order valence-electron chi connectivity index (χ4n) is 1.76. The summed E-state index contributed by atoms with van der Waals surface area (Å²) < 4.78 is 51.4. The number of hydrogen-bond acceptors (Lipinski definition) is 2. The third-order valence-corrected chi connectivity index (χ3v) is 2.68. The van der Waals surface area contributed by atoms with E-state index >= 15 is 0 Å². The van der Waals surface area contributed by atoms with Crippen molar-refractivity contribution in [1.29, 1.82) is 0 Å². The maximum absolute atomic E-state index is 13.0. The highest BCUT2D eigenvalue weighted by Crippen LogP contribution is 2.35. The number of nitrogens with one attached hydrogen (secondary N) is 1. The van der Waals surface area contributed by atoms with Gasteiger partial charge in [0.05, 0.1) is 17.9 Å². The zero-order valence-electron chi connectivity index (χ0n) is 11.4. The highest BCUT2D eigenvalue weighted by Gasteiger charge is 2.34. The van der Waals surface area contributed by atoms with Gasteiger partial charge in [-0.25, -0.2) is 9.18 Å². The molecule has 1 aromatic rings. The molecule has 1 aromatic carbocycles. The van der Waals surface area contributed by atoms with E-state index in [-0.39, 0.29) is 19.7 Å². The second kappa shape index (κ2) is 7.26. The van der Waals surface area contributed by atoms with Crippen LogP contribution in [0.15, 0.2) is 18.2 Å². The van der Waals surface area contributed by atoms with Crippen LogP contribution in [-0.2, 0) is 6.18 Å². The Balaban J connectivity index is 2.99. The van der Waals surface area contributed by atoms with E-state index in [4.69, 9.17) is 5.11 Å². The van der Waals surface area contributed by atoms with Gasteiger partial charge in [-0.1, -0.05) is 6.92 Å². The van der Waals surface area contributed by atoms with Crippen LogP contribution in [0.5, 0.6) is 0 Å². The largest absolute Gasteiger partial charge is 0.418 e. The number of alkyl halides is 3. The topological polar surface area (TPSA) is 52.6 Å². The van der Waals surface area contributed by atoms with Crippen molar-refractivity contribution in [2.75, 3.05) is 25.0 Å². The van der Waals surface area contributed by atoms with Gasteiger partial charge in [0.2, 0.25) is 0 Å². The zero-order chi connectivity index (χ0) is 16.0. The summed E-state index contributed by atoms with van der Waals surface area (Å²) in [7, 11) is 0. The lowest BCUT2D eigenvalue weighted by Gasteiger charge is -2.22. The third-order valence-electron chi connectivity index (χ3n) is 2.68. The molecule has 2 amide bonds. The summed E-state index contributed by atoms with van der Waals surface area (Å²) in [6, 6.07) is 1.24. The molecule has 2 N–H and O–H groups in total. The Morgan fingerprint density at radius 3 is 2.52 bits per heavy atom. The van der Waals surface area contributed by atoms with Crippen LogP contribution >= 0.6 is 0 Å². The average molecular weight is 308 g/mol.